The molecule has 0 bridgehead atoms. The predicted molar refractivity (Wildman–Crippen MR) is 79.0 cm³/mol. The largest absolute Gasteiger partial charge is 0.219 e. The first-order valence-corrected chi connectivity index (χ1v) is 6.90. The van der Waals surface area contributed by atoms with E-state index in [0.717, 1.165) is 20.0 Å². The van der Waals surface area contributed by atoms with E-state index in [9.17, 15) is 0 Å². The summed E-state index contributed by atoms with van der Waals surface area (Å²) < 4.78 is 5.37. The summed E-state index contributed by atoms with van der Waals surface area (Å²) in [4.78, 5) is 1.09. The maximum absolute atomic E-state index is 5.89. The SMILES string of the molecule is Clc1cccc(/C=N/Sc2ccccc2Br)c1. The molecule has 17 heavy (non-hydrogen) atoms. The number of halogens is 2. The summed E-state index contributed by atoms with van der Waals surface area (Å²) in [7, 11) is 0. The predicted octanol–water partition coefficient (Wildman–Crippen LogP) is 5.23. The molecule has 2 aromatic rings. The molecule has 0 fully saturated rings. The van der Waals surface area contributed by atoms with E-state index in [4.69, 9.17) is 11.6 Å². The van der Waals surface area contributed by atoms with Gasteiger partial charge in [0.25, 0.3) is 0 Å². The van der Waals surface area contributed by atoms with Crippen LogP contribution in [0.15, 0.2) is 62.3 Å². The van der Waals surface area contributed by atoms with Crippen LogP contribution >= 0.6 is 39.5 Å². The minimum atomic E-state index is 0.722. The zero-order valence-corrected chi connectivity index (χ0v) is 12.0. The molecular formula is C13H9BrClNS. The van der Waals surface area contributed by atoms with E-state index in [-0.39, 0.29) is 0 Å². The number of rotatable bonds is 3. The zero-order chi connectivity index (χ0) is 12.1. The van der Waals surface area contributed by atoms with Crippen LogP contribution in [0.3, 0.4) is 0 Å². The summed E-state index contributed by atoms with van der Waals surface area (Å²) in [6.45, 7) is 0. The van der Waals surface area contributed by atoms with Crippen LogP contribution < -0.4 is 0 Å². The first kappa shape index (κ1) is 12.7. The first-order chi connectivity index (χ1) is 8.25. The van der Waals surface area contributed by atoms with Gasteiger partial charge < -0.3 is 0 Å². The highest BCUT2D eigenvalue weighted by molar-refractivity contribution is 9.10. The molecule has 0 aromatic heterocycles. The Morgan fingerprint density at radius 1 is 1.12 bits per heavy atom. The lowest BCUT2D eigenvalue weighted by Gasteiger charge is -1.98. The van der Waals surface area contributed by atoms with Gasteiger partial charge in [0.15, 0.2) is 0 Å². The minimum Gasteiger partial charge on any atom is -0.219 e. The molecule has 2 rings (SSSR count). The minimum absolute atomic E-state index is 0.722. The van der Waals surface area contributed by atoms with Gasteiger partial charge in [-0.1, -0.05) is 35.9 Å². The van der Waals surface area contributed by atoms with Crippen molar-refractivity contribution in [2.75, 3.05) is 0 Å². The van der Waals surface area contributed by atoms with E-state index in [1.165, 1.54) is 11.9 Å². The van der Waals surface area contributed by atoms with Crippen molar-refractivity contribution in [3.63, 3.8) is 0 Å². The van der Waals surface area contributed by atoms with E-state index in [0.29, 0.717) is 0 Å². The normalized spacial score (nSPS) is 10.9. The van der Waals surface area contributed by atoms with E-state index in [1.54, 1.807) is 6.21 Å². The van der Waals surface area contributed by atoms with Crippen LogP contribution in [0.5, 0.6) is 0 Å². The van der Waals surface area contributed by atoms with E-state index in [1.807, 2.05) is 48.5 Å². The molecule has 0 radical (unpaired) electrons. The van der Waals surface area contributed by atoms with Crippen LogP contribution in [0.4, 0.5) is 0 Å². The van der Waals surface area contributed by atoms with Gasteiger partial charge in [0.05, 0.1) is 0 Å². The molecule has 2 aromatic carbocycles. The highest BCUT2D eigenvalue weighted by Crippen LogP contribution is 2.27. The third-order valence-electron chi connectivity index (χ3n) is 2.04. The van der Waals surface area contributed by atoms with Gasteiger partial charge in [-0.2, -0.15) is 0 Å². The van der Waals surface area contributed by atoms with E-state index < -0.39 is 0 Å². The summed E-state index contributed by atoms with van der Waals surface area (Å²) in [5, 5.41) is 0.722. The van der Waals surface area contributed by atoms with Gasteiger partial charge in [0.1, 0.15) is 0 Å². The topological polar surface area (TPSA) is 12.4 Å². The summed E-state index contributed by atoms with van der Waals surface area (Å²) >= 11 is 10.8. The number of benzene rings is 2. The molecule has 0 aliphatic rings. The van der Waals surface area contributed by atoms with Crippen molar-refractivity contribution >= 4 is 45.7 Å². The Hall–Kier alpha value is -0.770. The molecule has 0 N–H and O–H groups in total. The van der Waals surface area contributed by atoms with Crippen LogP contribution in [0.25, 0.3) is 0 Å². The molecule has 0 heterocycles. The van der Waals surface area contributed by atoms with Crippen molar-refractivity contribution in [1.29, 1.82) is 0 Å². The van der Waals surface area contributed by atoms with Crippen LogP contribution in [-0.2, 0) is 0 Å². The standard InChI is InChI=1S/C13H9BrClNS/c14-12-6-1-2-7-13(12)17-16-9-10-4-3-5-11(15)8-10/h1-9H/b16-9+. The molecular weight excluding hydrogens is 318 g/mol. The Bertz CT molecular complexity index is 542. The fourth-order valence-corrected chi connectivity index (χ4v) is 2.53. The van der Waals surface area contributed by atoms with Crippen molar-refractivity contribution in [2.24, 2.45) is 4.40 Å². The quantitative estimate of drug-likeness (QED) is 0.556. The average molecular weight is 327 g/mol. The zero-order valence-electron chi connectivity index (χ0n) is 8.81. The summed E-state index contributed by atoms with van der Waals surface area (Å²) in [6, 6.07) is 15.6. The maximum atomic E-state index is 5.89. The maximum Gasteiger partial charge on any atom is 0.0447 e. The summed E-state index contributed by atoms with van der Waals surface area (Å²) in [5.41, 5.74) is 0.997. The molecule has 0 spiro atoms. The van der Waals surface area contributed by atoms with Gasteiger partial charge in [0, 0.05) is 32.6 Å². The third kappa shape index (κ3) is 3.87. The van der Waals surface area contributed by atoms with E-state index in [2.05, 4.69) is 20.3 Å². The van der Waals surface area contributed by atoms with Crippen molar-refractivity contribution in [2.45, 2.75) is 4.90 Å². The average Bonchev–Trinajstić information content (AvgIpc) is 2.32. The van der Waals surface area contributed by atoms with Crippen molar-refractivity contribution in [3.05, 3.63) is 63.6 Å². The summed E-state index contributed by atoms with van der Waals surface area (Å²) in [6.07, 6.45) is 1.80. The second-order valence-electron chi connectivity index (χ2n) is 3.31. The molecule has 1 nitrogen and oxygen atoms in total. The highest BCUT2D eigenvalue weighted by atomic mass is 79.9. The fourth-order valence-electron chi connectivity index (χ4n) is 1.25. The van der Waals surface area contributed by atoms with Crippen molar-refractivity contribution < 1.29 is 0 Å². The fraction of sp³-hybridized carbons (Fsp3) is 0. The molecule has 0 saturated heterocycles. The summed E-state index contributed by atoms with van der Waals surface area (Å²) in [5.74, 6) is 0. The Balaban J connectivity index is 2.06. The lowest BCUT2D eigenvalue weighted by Crippen LogP contribution is -1.78. The van der Waals surface area contributed by atoms with Gasteiger partial charge in [-0.25, -0.2) is 4.40 Å². The van der Waals surface area contributed by atoms with Gasteiger partial charge >= 0.3 is 0 Å². The molecule has 0 aliphatic carbocycles. The second-order valence-corrected chi connectivity index (χ2v) is 5.44. The molecule has 0 aliphatic heterocycles. The Morgan fingerprint density at radius 2 is 1.94 bits per heavy atom. The van der Waals surface area contributed by atoms with E-state index >= 15 is 0 Å². The van der Waals surface area contributed by atoms with Crippen LogP contribution in [0.1, 0.15) is 5.56 Å². The molecule has 0 atom stereocenters. The van der Waals surface area contributed by atoms with Crippen LogP contribution in [-0.4, -0.2) is 6.21 Å². The molecule has 0 unspecified atom stereocenters. The molecule has 0 amide bonds. The van der Waals surface area contributed by atoms with Crippen molar-refractivity contribution in [1.82, 2.24) is 0 Å². The number of hydrogen-bond acceptors (Lipinski definition) is 2. The smallest absolute Gasteiger partial charge is 0.0447 e. The molecule has 86 valence electrons. The monoisotopic (exact) mass is 325 g/mol. The lowest BCUT2D eigenvalue weighted by atomic mass is 10.2. The van der Waals surface area contributed by atoms with Gasteiger partial charge in [-0.05, 0) is 45.8 Å². The van der Waals surface area contributed by atoms with Gasteiger partial charge in [-0.3, -0.25) is 0 Å². The molecule has 4 heteroatoms. The number of nitrogens with zero attached hydrogens (tertiary/aromatic N) is 1. The second kappa shape index (κ2) is 6.24. The Kier molecular flexibility index (Phi) is 4.66. The lowest BCUT2D eigenvalue weighted by molar-refractivity contribution is 1.41. The van der Waals surface area contributed by atoms with Crippen molar-refractivity contribution in [3.8, 4) is 0 Å². The Labute approximate surface area is 118 Å². The highest BCUT2D eigenvalue weighted by Gasteiger charge is 1.97. The third-order valence-corrected chi connectivity index (χ3v) is 3.99. The van der Waals surface area contributed by atoms with Gasteiger partial charge in [0.2, 0.25) is 0 Å². The first-order valence-electron chi connectivity index (χ1n) is 4.96. The Morgan fingerprint density at radius 3 is 2.71 bits per heavy atom. The van der Waals surface area contributed by atoms with Crippen LogP contribution in [0, 0.1) is 0 Å². The molecule has 0 saturated carbocycles. The van der Waals surface area contributed by atoms with Crippen LogP contribution in [0.2, 0.25) is 5.02 Å². The van der Waals surface area contributed by atoms with Gasteiger partial charge in [-0.15, -0.1) is 0 Å². The number of hydrogen-bond donors (Lipinski definition) is 0.